The lowest BCUT2D eigenvalue weighted by molar-refractivity contribution is 0.0543. The Morgan fingerprint density at radius 1 is 1.52 bits per heavy atom. The van der Waals surface area contributed by atoms with Gasteiger partial charge in [0.25, 0.3) is 0 Å². The van der Waals surface area contributed by atoms with E-state index in [2.05, 4.69) is 5.48 Å². The monoisotopic (exact) mass is 356 g/mol. The van der Waals surface area contributed by atoms with Crippen molar-refractivity contribution in [2.45, 2.75) is 24.3 Å². The van der Waals surface area contributed by atoms with E-state index in [1.807, 2.05) is 6.07 Å². The van der Waals surface area contributed by atoms with E-state index in [0.717, 1.165) is 6.07 Å². The predicted octanol–water partition coefficient (Wildman–Crippen LogP) is 1.99. The molecule has 0 bridgehead atoms. The number of rotatable bonds is 5. The van der Waals surface area contributed by atoms with Crippen molar-refractivity contribution in [2.75, 3.05) is 5.75 Å². The Morgan fingerprint density at radius 3 is 2.78 bits per heavy atom. The molecule has 7 nitrogen and oxygen atoms in total. The Kier molecular flexibility index (Phi) is 4.94. The topological polar surface area (TPSA) is 116 Å². The molecule has 0 spiro atoms. The van der Waals surface area contributed by atoms with Gasteiger partial charge >= 0.3 is 5.97 Å². The van der Waals surface area contributed by atoms with Gasteiger partial charge in [0.2, 0.25) is 0 Å². The normalized spacial score (nSPS) is 17.3. The third-order valence-corrected chi connectivity index (χ3v) is 5.45. The summed E-state index contributed by atoms with van der Waals surface area (Å²) in [5, 5.41) is 17.7. The van der Waals surface area contributed by atoms with Crippen LogP contribution in [0, 0.1) is 11.3 Å². The lowest BCUT2D eigenvalue weighted by atomic mass is 10.1. The number of hydrogen-bond donors (Lipinski definition) is 2. The molecule has 0 aromatic heterocycles. The summed E-state index contributed by atoms with van der Waals surface area (Å²) in [6, 6.07) is 4.29. The van der Waals surface area contributed by atoms with Gasteiger partial charge < -0.3 is 5.11 Å². The molecule has 0 radical (unpaired) electrons. The number of hydrogen-bond acceptors (Lipinski definition) is 6. The highest BCUT2D eigenvalue weighted by Crippen LogP contribution is 2.35. The number of sulfone groups is 1. The van der Waals surface area contributed by atoms with Crippen LogP contribution < -0.4 is 5.48 Å². The largest absolute Gasteiger partial charge is 0.478 e. The van der Waals surface area contributed by atoms with Crippen molar-refractivity contribution in [3.63, 3.8) is 0 Å². The fourth-order valence-corrected chi connectivity index (χ4v) is 3.62. The van der Waals surface area contributed by atoms with Crippen LogP contribution in [-0.2, 0) is 14.7 Å². The van der Waals surface area contributed by atoms with E-state index in [1.165, 1.54) is 19.1 Å². The molecule has 23 heavy (non-hydrogen) atoms. The smallest absolute Gasteiger partial charge is 0.337 e. The number of nitrogens with one attached hydrogen (secondary N) is 1. The summed E-state index contributed by atoms with van der Waals surface area (Å²) in [5.74, 6) is -1.44. The maximum absolute atomic E-state index is 12.3. The number of benzene rings is 1. The zero-order chi connectivity index (χ0) is 17.2. The fraction of sp³-hybridized carbons (Fsp3) is 0.286. The molecular formula is C14H13ClN2O5S. The lowest BCUT2D eigenvalue weighted by Crippen LogP contribution is -2.15. The first-order chi connectivity index (χ1) is 10.8. The first-order valence-electron chi connectivity index (χ1n) is 6.61. The zero-order valence-corrected chi connectivity index (χ0v) is 13.6. The third-order valence-electron chi connectivity index (χ3n) is 3.28. The van der Waals surface area contributed by atoms with Gasteiger partial charge in [-0.3, -0.25) is 10.3 Å². The van der Waals surface area contributed by atoms with E-state index in [1.54, 1.807) is 0 Å². The molecule has 1 heterocycles. The number of nitrogens with zero attached hydrogens (tertiary/aromatic N) is 1. The van der Waals surface area contributed by atoms with Crippen molar-refractivity contribution in [3.8, 4) is 6.07 Å². The van der Waals surface area contributed by atoms with Gasteiger partial charge in [0.05, 0.1) is 39.4 Å². The second-order valence-electron chi connectivity index (χ2n) is 4.71. The van der Waals surface area contributed by atoms with Gasteiger partial charge in [-0.1, -0.05) is 18.5 Å². The van der Waals surface area contributed by atoms with Crippen molar-refractivity contribution in [1.82, 2.24) is 5.48 Å². The van der Waals surface area contributed by atoms with Crippen LogP contribution in [0.1, 0.15) is 29.3 Å². The van der Waals surface area contributed by atoms with Gasteiger partial charge in [-0.15, -0.1) is 0 Å². The summed E-state index contributed by atoms with van der Waals surface area (Å²) in [6.45, 7) is 1.48. The maximum Gasteiger partial charge on any atom is 0.337 e. The molecule has 1 aliphatic heterocycles. The van der Waals surface area contributed by atoms with Crippen LogP contribution in [0.25, 0.3) is 5.70 Å². The molecule has 0 saturated carbocycles. The number of aromatic carboxylic acids is 1. The minimum Gasteiger partial charge on any atom is -0.478 e. The lowest BCUT2D eigenvalue weighted by Gasteiger charge is -2.14. The van der Waals surface area contributed by atoms with Gasteiger partial charge in [-0.2, -0.15) is 5.26 Å². The number of hydroxylamine groups is 1. The maximum atomic E-state index is 12.3. The average Bonchev–Trinajstić information content (AvgIpc) is 2.95. The van der Waals surface area contributed by atoms with Crippen molar-refractivity contribution < 1.29 is 23.2 Å². The summed E-state index contributed by atoms with van der Waals surface area (Å²) in [4.78, 5) is 16.3. The Labute approximate surface area is 138 Å². The first kappa shape index (κ1) is 17.3. The molecular weight excluding hydrogens is 344 g/mol. The average molecular weight is 357 g/mol. The van der Waals surface area contributed by atoms with E-state index in [4.69, 9.17) is 21.7 Å². The second kappa shape index (κ2) is 6.58. The standard InChI is InChI=1S/C14H13ClN2O5S/c1-2-23(20,21)11-4-3-9(14(18)19)13(15)12(11)10-7-8(5-6-16)22-17-10/h3-4,7-8,17H,2,5H2,1H3,(H,18,19). The van der Waals surface area contributed by atoms with Crippen molar-refractivity contribution in [1.29, 1.82) is 5.26 Å². The van der Waals surface area contributed by atoms with Crippen molar-refractivity contribution >= 4 is 33.1 Å². The molecule has 1 aromatic rings. The molecule has 0 fully saturated rings. The van der Waals surface area contributed by atoms with Crippen LogP contribution in [-0.4, -0.2) is 31.4 Å². The highest BCUT2D eigenvalue weighted by atomic mass is 35.5. The van der Waals surface area contributed by atoms with E-state index in [9.17, 15) is 18.3 Å². The molecule has 2 rings (SSSR count). The van der Waals surface area contributed by atoms with Crippen molar-refractivity contribution in [3.05, 3.63) is 34.4 Å². The molecule has 2 N–H and O–H groups in total. The molecule has 9 heteroatoms. The molecule has 0 saturated heterocycles. The van der Waals surface area contributed by atoms with Gasteiger partial charge in [-0.05, 0) is 18.2 Å². The molecule has 1 unspecified atom stereocenters. The minimum atomic E-state index is -3.64. The van der Waals surface area contributed by atoms with Gasteiger partial charge in [-0.25, -0.2) is 13.2 Å². The quantitative estimate of drug-likeness (QED) is 0.828. The number of carboxylic acid groups (broad SMARTS) is 1. The summed E-state index contributed by atoms with van der Waals surface area (Å²) in [5.41, 5.74) is 2.56. The number of carbonyl (C=O) groups is 1. The van der Waals surface area contributed by atoms with Crippen LogP contribution in [0.3, 0.4) is 0 Å². The number of halogens is 1. The Balaban J connectivity index is 2.69. The van der Waals surface area contributed by atoms with Gasteiger partial charge in [0, 0.05) is 5.56 Å². The molecule has 1 atom stereocenters. The zero-order valence-electron chi connectivity index (χ0n) is 12.0. The highest BCUT2D eigenvalue weighted by molar-refractivity contribution is 7.91. The summed E-state index contributed by atoms with van der Waals surface area (Å²) >= 11 is 6.13. The Hall–Kier alpha value is -2.08. The molecule has 0 amide bonds. The number of nitriles is 1. The summed E-state index contributed by atoms with van der Waals surface area (Å²) in [7, 11) is -3.64. The molecule has 0 aliphatic carbocycles. The van der Waals surface area contributed by atoms with Gasteiger partial charge in [0.1, 0.15) is 6.10 Å². The van der Waals surface area contributed by atoms with Gasteiger partial charge in [0.15, 0.2) is 9.84 Å². The van der Waals surface area contributed by atoms with Crippen LogP contribution in [0.15, 0.2) is 23.1 Å². The van der Waals surface area contributed by atoms with E-state index >= 15 is 0 Å². The molecule has 1 aromatic carbocycles. The highest BCUT2D eigenvalue weighted by Gasteiger charge is 2.28. The summed E-state index contributed by atoms with van der Waals surface area (Å²) in [6.07, 6.45) is 0.990. The van der Waals surface area contributed by atoms with Crippen molar-refractivity contribution in [2.24, 2.45) is 0 Å². The summed E-state index contributed by atoms with van der Waals surface area (Å²) < 4.78 is 24.5. The van der Waals surface area contributed by atoms with Crippen LogP contribution >= 0.6 is 11.6 Å². The van der Waals surface area contributed by atoms with Crippen LogP contribution in [0.2, 0.25) is 5.02 Å². The Morgan fingerprint density at radius 2 is 2.22 bits per heavy atom. The molecule has 1 aliphatic rings. The Bertz CT molecular complexity index is 826. The van der Waals surface area contributed by atoms with E-state index in [0.29, 0.717) is 0 Å². The predicted molar refractivity (Wildman–Crippen MR) is 82.4 cm³/mol. The second-order valence-corrected chi connectivity index (χ2v) is 7.33. The van der Waals surface area contributed by atoms with Crippen LogP contribution in [0.5, 0.6) is 0 Å². The fourth-order valence-electron chi connectivity index (χ4n) is 2.11. The third kappa shape index (κ3) is 3.32. The molecule has 122 valence electrons. The van der Waals surface area contributed by atoms with Crippen LogP contribution in [0.4, 0.5) is 0 Å². The number of carboxylic acids is 1. The minimum absolute atomic E-state index is 0.0360. The van der Waals surface area contributed by atoms with E-state index in [-0.39, 0.29) is 38.9 Å². The first-order valence-corrected chi connectivity index (χ1v) is 8.64. The van der Waals surface area contributed by atoms with E-state index < -0.39 is 21.9 Å². The SMILES string of the molecule is CCS(=O)(=O)c1ccc(C(=O)O)c(Cl)c1C1=CC(CC#N)ON1.